The van der Waals surface area contributed by atoms with Gasteiger partial charge in [-0.3, -0.25) is 0 Å². The van der Waals surface area contributed by atoms with Crippen LogP contribution in [0, 0.1) is 0 Å². The lowest BCUT2D eigenvalue weighted by molar-refractivity contribution is 1.55. The zero-order chi connectivity index (χ0) is 13.8. The van der Waals surface area contributed by atoms with Crippen LogP contribution in [0.1, 0.15) is 12.5 Å². The lowest BCUT2D eigenvalue weighted by Gasteiger charge is -2.08. The second-order valence-corrected chi connectivity index (χ2v) is 4.81. The zero-order valence-electron chi connectivity index (χ0n) is 11.5. The van der Waals surface area contributed by atoms with Crippen LogP contribution in [0.5, 0.6) is 0 Å². The van der Waals surface area contributed by atoms with Crippen LogP contribution in [0.2, 0.25) is 0 Å². The molecule has 98 valence electrons. The molecular weight excluding hydrogens is 242 g/mol. The summed E-state index contributed by atoms with van der Waals surface area (Å²) in [6.07, 6.45) is 4.14. The van der Waals surface area contributed by atoms with Gasteiger partial charge in [0.1, 0.15) is 0 Å². The molecule has 0 atom stereocenters. The minimum absolute atomic E-state index is 1.11. The van der Waals surface area contributed by atoms with E-state index in [4.69, 9.17) is 0 Å². The van der Waals surface area contributed by atoms with Gasteiger partial charge in [-0.25, -0.2) is 0 Å². The van der Waals surface area contributed by atoms with E-state index in [0.717, 1.165) is 11.4 Å². The van der Waals surface area contributed by atoms with Gasteiger partial charge in [-0.1, -0.05) is 54.6 Å². The van der Waals surface area contributed by atoms with Crippen LogP contribution in [-0.4, -0.2) is 0 Å². The predicted molar refractivity (Wildman–Crippen MR) is 88.4 cm³/mol. The average molecular weight is 259 g/mol. The van der Waals surface area contributed by atoms with Crippen molar-refractivity contribution in [3.63, 3.8) is 0 Å². The van der Waals surface area contributed by atoms with Crippen LogP contribution in [0.4, 0.5) is 11.4 Å². The second-order valence-electron chi connectivity index (χ2n) is 4.81. The number of hydrogen-bond acceptors (Lipinski definition) is 1. The molecule has 0 aliphatic carbocycles. The van der Waals surface area contributed by atoms with E-state index in [1.807, 2.05) is 13.0 Å². The van der Waals surface area contributed by atoms with Crippen molar-refractivity contribution in [1.29, 1.82) is 0 Å². The van der Waals surface area contributed by atoms with Crippen LogP contribution in [0.3, 0.4) is 0 Å². The molecule has 0 fully saturated rings. The number of nitrogens with one attached hydrogen (secondary N) is 1. The number of allylic oxidation sites excluding steroid dienone is 1. The van der Waals surface area contributed by atoms with Gasteiger partial charge >= 0.3 is 0 Å². The van der Waals surface area contributed by atoms with Crippen LogP contribution >= 0.6 is 0 Å². The van der Waals surface area contributed by atoms with E-state index in [-0.39, 0.29) is 0 Å². The van der Waals surface area contributed by atoms with Gasteiger partial charge < -0.3 is 5.32 Å². The second kappa shape index (κ2) is 5.62. The Balaban J connectivity index is 1.85. The smallest absolute Gasteiger partial charge is 0.0390 e. The van der Waals surface area contributed by atoms with Gasteiger partial charge in [-0.05, 0) is 47.5 Å². The van der Waals surface area contributed by atoms with Crippen molar-refractivity contribution < 1.29 is 0 Å². The third-order valence-corrected chi connectivity index (χ3v) is 3.31. The number of hydrogen-bond donors (Lipinski definition) is 1. The van der Waals surface area contributed by atoms with E-state index in [9.17, 15) is 0 Å². The topological polar surface area (TPSA) is 12.0 Å². The van der Waals surface area contributed by atoms with Crippen molar-refractivity contribution in [2.45, 2.75) is 6.92 Å². The van der Waals surface area contributed by atoms with Gasteiger partial charge in [0.05, 0.1) is 0 Å². The number of benzene rings is 3. The predicted octanol–water partition coefficient (Wildman–Crippen LogP) is 5.62. The average Bonchev–Trinajstić information content (AvgIpc) is 2.49. The maximum atomic E-state index is 3.44. The van der Waals surface area contributed by atoms with E-state index in [2.05, 4.69) is 78.1 Å². The Bertz CT molecular complexity index is 739. The van der Waals surface area contributed by atoms with Crippen molar-refractivity contribution in [2.24, 2.45) is 0 Å². The third kappa shape index (κ3) is 2.72. The molecule has 0 heterocycles. The van der Waals surface area contributed by atoms with Crippen LogP contribution in [-0.2, 0) is 0 Å². The molecule has 0 bridgehead atoms. The summed E-state index contributed by atoms with van der Waals surface area (Å²) in [6, 6.07) is 23.3. The van der Waals surface area contributed by atoms with Crippen LogP contribution in [0.15, 0.2) is 72.8 Å². The fourth-order valence-corrected chi connectivity index (χ4v) is 2.30. The van der Waals surface area contributed by atoms with Crippen LogP contribution < -0.4 is 5.32 Å². The highest BCUT2D eigenvalue weighted by Crippen LogP contribution is 2.22. The summed E-state index contributed by atoms with van der Waals surface area (Å²) in [6.45, 7) is 2.03. The molecule has 20 heavy (non-hydrogen) atoms. The summed E-state index contributed by atoms with van der Waals surface area (Å²) in [5.41, 5.74) is 3.44. The quantitative estimate of drug-likeness (QED) is 0.644. The first-order valence-corrected chi connectivity index (χ1v) is 6.84. The van der Waals surface area contributed by atoms with E-state index in [1.165, 1.54) is 16.3 Å². The molecule has 0 amide bonds. The number of rotatable bonds is 3. The van der Waals surface area contributed by atoms with Crippen molar-refractivity contribution in [2.75, 3.05) is 5.32 Å². The third-order valence-electron chi connectivity index (χ3n) is 3.31. The monoisotopic (exact) mass is 259 g/mol. The minimum Gasteiger partial charge on any atom is -0.356 e. The van der Waals surface area contributed by atoms with Gasteiger partial charge in [-0.15, -0.1) is 0 Å². The lowest BCUT2D eigenvalue weighted by Crippen LogP contribution is -1.90. The van der Waals surface area contributed by atoms with Gasteiger partial charge in [0.2, 0.25) is 0 Å². The van der Waals surface area contributed by atoms with Crippen molar-refractivity contribution >= 4 is 28.2 Å². The van der Waals surface area contributed by atoms with Gasteiger partial charge in [0, 0.05) is 11.4 Å². The largest absolute Gasteiger partial charge is 0.356 e. The molecule has 3 aromatic rings. The molecule has 1 nitrogen and oxygen atoms in total. The maximum absolute atomic E-state index is 3.44. The normalized spacial score (nSPS) is 11.1. The van der Waals surface area contributed by atoms with Crippen molar-refractivity contribution in [3.8, 4) is 0 Å². The highest BCUT2D eigenvalue weighted by atomic mass is 14.9. The van der Waals surface area contributed by atoms with Gasteiger partial charge in [0.25, 0.3) is 0 Å². The molecular formula is C19H17N. The Morgan fingerprint density at radius 3 is 2.20 bits per heavy atom. The molecule has 1 N–H and O–H groups in total. The fraction of sp³-hybridized carbons (Fsp3) is 0.0526. The molecule has 3 aromatic carbocycles. The molecule has 1 heteroatoms. The first-order valence-electron chi connectivity index (χ1n) is 6.84. The molecule has 0 unspecified atom stereocenters. The Labute approximate surface area is 119 Å². The fourth-order valence-electron chi connectivity index (χ4n) is 2.30. The molecule has 0 radical (unpaired) electrons. The maximum Gasteiger partial charge on any atom is 0.0390 e. The first-order chi connectivity index (χ1) is 9.85. The summed E-state index contributed by atoms with van der Waals surface area (Å²) >= 11 is 0. The highest BCUT2D eigenvalue weighted by Gasteiger charge is 1.97. The SMILES string of the molecule is CC=Cc1ccc(Nc2ccc3ccccc3c2)cc1. The molecule has 0 aliphatic rings. The summed E-state index contributed by atoms with van der Waals surface area (Å²) in [5, 5.41) is 5.96. The molecule has 0 spiro atoms. The molecule has 3 rings (SSSR count). The Hall–Kier alpha value is -2.54. The van der Waals surface area contributed by atoms with Gasteiger partial charge in [0.15, 0.2) is 0 Å². The Kier molecular flexibility index (Phi) is 3.51. The summed E-state index contributed by atoms with van der Waals surface area (Å²) in [7, 11) is 0. The van der Waals surface area contributed by atoms with Crippen molar-refractivity contribution in [3.05, 3.63) is 78.4 Å². The highest BCUT2D eigenvalue weighted by molar-refractivity contribution is 5.86. The summed E-state index contributed by atoms with van der Waals surface area (Å²) in [5.74, 6) is 0. The van der Waals surface area contributed by atoms with Gasteiger partial charge in [-0.2, -0.15) is 0 Å². The number of fused-ring (bicyclic) bond motifs is 1. The van der Waals surface area contributed by atoms with E-state index in [1.54, 1.807) is 0 Å². The molecule has 0 aliphatic heterocycles. The van der Waals surface area contributed by atoms with E-state index in [0.29, 0.717) is 0 Å². The van der Waals surface area contributed by atoms with Crippen molar-refractivity contribution in [1.82, 2.24) is 0 Å². The molecule has 0 saturated carbocycles. The zero-order valence-corrected chi connectivity index (χ0v) is 11.5. The summed E-state index contributed by atoms with van der Waals surface area (Å²) in [4.78, 5) is 0. The lowest BCUT2D eigenvalue weighted by atomic mass is 10.1. The number of anilines is 2. The standard InChI is InChI=1S/C19H17N/c1-2-5-15-8-11-18(12-9-15)20-19-13-10-16-6-3-4-7-17(16)14-19/h2-14,20H,1H3. The molecule has 0 saturated heterocycles. The molecule has 0 aromatic heterocycles. The first kappa shape index (κ1) is 12.5. The van der Waals surface area contributed by atoms with E-state index < -0.39 is 0 Å². The minimum atomic E-state index is 1.11. The van der Waals surface area contributed by atoms with E-state index >= 15 is 0 Å². The summed E-state index contributed by atoms with van der Waals surface area (Å²) < 4.78 is 0. The Morgan fingerprint density at radius 1 is 0.750 bits per heavy atom. The van der Waals surface area contributed by atoms with Crippen LogP contribution in [0.25, 0.3) is 16.8 Å². The Morgan fingerprint density at radius 2 is 1.45 bits per heavy atom.